The summed E-state index contributed by atoms with van der Waals surface area (Å²) in [5.41, 5.74) is 1.18. The molecule has 29 heavy (non-hydrogen) atoms. The number of aliphatic imine (C=N–C) groups is 1. The van der Waals surface area contributed by atoms with E-state index in [9.17, 15) is 0 Å². The number of hydrogen-bond donors (Lipinski definition) is 1. The van der Waals surface area contributed by atoms with Gasteiger partial charge in [-0.3, -0.25) is 9.89 Å². The molecule has 0 amide bonds. The number of guanidine groups is 1. The van der Waals surface area contributed by atoms with Gasteiger partial charge in [0.15, 0.2) is 5.96 Å². The first-order chi connectivity index (χ1) is 13.8. The molecule has 0 saturated carbocycles. The predicted octanol–water partition coefficient (Wildman–Crippen LogP) is 2.12. The summed E-state index contributed by atoms with van der Waals surface area (Å²) < 4.78 is 10.9. The zero-order chi connectivity index (χ0) is 19.6. The third kappa shape index (κ3) is 7.18. The number of rotatable bonds is 7. The van der Waals surface area contributed by atoms with E-state index in [1.54, 1.807) is 7.11 Å². The van der Waals surface area contributed by atoms with Crippen molar-refractivity contribution in [3.05, 3.63) is 24.3 Å². The Hall–Kier alpha value is -1.26. The largest absolute Gasteiger partial charge is 0.495 e. The maximum Gasteiger partial charge on any atom is 0.194 e. The van der Waals surface area contributed by atoms with Gasteiger partial charge in [-0.1, -0.05) is 12.1 Å². The fourth-order valence-electron chi connectivity index (χ4n) is 3.78. The van der Waals surface area contributed by atoms with Crippen molar-refractivity contribution in [3.63, 3.8) is 0 Å². The molecule has 0 bridgehead atoms. The van der Waals surface area contributed by atoms with E-state index in [1.807, 2.05) is 12.1 Å². The Kier molecular flexibility index (Phi) is 10.9. The highest BCUT2D eigenvalue weighted by Gasteiger charge is 2.21. The van der Waals surface area contributed by atoms with Gasteiger partial charge in [-0.2, -0.15) is 0 Å². The monoisotopic (exact) mass is 517 g/mol. The van der Waals surface area contributed by atoms with Gasteiger partial charge >= 0.3 is 0 Å². The highest BCUT2D eigenvalue weighted by molar-refractivity contribution is 14.0. The molecule has 1 N–H and O–H groups in total. The van der Waals surface area contributed by atoms with Crippen molar-refractivity contribution in [2.45, 2.75) is 13.3 Å². The topological polar surface area (TPSA) is 52.6 Å². The second-order valence-corrected chi connectivity index (χ2v) is 7.19. The Bertz CT molecular complexity index is 617. The molecule has 8 heteroatoms. The highest BCUT2D eigenvalue weighted by Crippen LogP contribution is 2.28. The lowest BCUT2D eigenvalue weighted by atomic mass is 10.2. The summed E-state index contributed by atoms with van der Waals surface area (Å²) in [5, 5.41) is 3.47. The Balaban J connectivity index is 0.00000300. The molecular weight excluding hydrogens is 481 g/mol. The Morgan fingerprint density at radius 1 is 1.10 bits per heavy atom. The minimum Gasteiger partial charge on any atom is -0.495 e. The lowest BCUT2D eigenvalue weighted by Crippen LogP contribution is -2.52. The van der Waals surface area contributed by atoms with Gasteiger partial charge in [0, 0.05) is 58.9 Å². The molecule has 7 nitrogen and oxygen atoms in total. The number of nitrogens with one attached hydrogen (secondary N) is 1. The molecular formula is C21H36IN5O2. The van der Waals surface area contributed by atoms with E-state index >= 15 is 0 Å². The number of anilines is 1. The van der Waals surface area contributed by atoms with Crippen molar-refractivity contribution in [2.75, 3.05) is 84.1 Å². The van der Waals surface area contributed by atoms with Crippen LogP contribution in [0.5, 0.6) is 5.75 Å². The van der Waals surface area contributed by atoms with Crippen molar-refractivity contribution >= 4 is 35.6 Å². The number of methoxy groups -OCH3 is 1. The van der Waals surface area contributed by atoms with E-state index in [0.29, 0.717) is 0 Å². The third-order valence-electron chi connectivity index (χ3n) is 5.34. The van der Waals surface area contributed by atoms with Crippen LogP contribution in [0.25, 0.3) is 0 Å². The van der Waals surface area contributed by atoms with Crippen LogP contribution in [0.4, 0.5) is 5.69 Å². The van der Waals surface area contributed by atoms with Gasteiger partial charge < -0.3 is 24.6 Å². The Morgan fingerprint density at radius 3 is 2.52 bits per heavy atom. The molecule has 1 aromatic carbocycles. The zero-order valence-corrected chi connectivity index (χ0v) is 20.1. The first-order valence-corrected chi connectivity index (χ1v) is 10.5. The molecule has 3 rings (SSSR count). The summed E-state index contributed by atoms with van der Waals surface area (Å²) >= 11 is 0. The molecule has 0 aromatic heterocycles. The lowest BCUT2D eigenvalue weighted by molar-refractivity contribution is 0.0377. The molecule has 0 aliphatic carbocycles. The highest BCUT2D eigenvalue weighted by atomic mass is 127. The van der Waals surface area contributed by atoms with Crippen LogP contribution >= 0.6 is 24.0 Å². The van der Waals surface area contributed by atoms with Gasteiger partial charge in [0.25, 0.3) is 0 Å². The van der Waals surface area contributed by atoms with Crippen LogP contribution in [0.15, 0.2) is 29.3 Å². The van der Waals surface area contributed by atoms with Crippen LogP contribution in [0.3, 0.4) is 0 Å². The van der Waals surface area contributed by atoms with Crippen molar-refractivity contribution in [3.8, 4) is 5.75 Å². The van der Waals surface area contributed by atoms with Gasteiger partial charge in [-0.05, 0) is 25.5 Å². The number of halogens is 1. The smallest absolute Gasteiger partial charge is 0.194 e. The summed E-state index contributed by atoms with van der Waals surface area (Å²) in [6.07, 6.45) is 1.09. The molecule has 1 aromatic rings. The number of ether oxygens (including phenoxy) is 2. The SMILES string of the molecule is CCNC(=NCCCN1CCOCC1)N1CCN(c2ccccc2OC)CC1.I. The molecule has 0 radical (unpaired) electrons. The second kappa shape index (κ2) is 13.1. The molecule has 164 valence electrons. The number of piperazine rings is 1. The van der Waals surface area contributed by atoms with Gasteiger partial charge in [-0.25, -0.2) is 0 Å². The summed E-state index contributed by atoms with van der Waals surface area (Å²) in [4.78, 5) is 12.1. The molecule has 2 aliphatic heterocycles. The molecule has 2 saturated heterocycles. The van der Waals surface area contributed by atoms with Crippen LogP contribution in [0.2, 0.25) is 0 Å². The minimum absolute atomic E-state index is 0. The summed E-state index contributed by atoms with van der Waals surface area (Å²) in [7, 11) is 1.74. The number of hydrogen-bond acceptors (Lipinski definition) is 5. The normalized spacial score (nSPS) is 18.3. The van der Waals surface area contributed by atoms with Crippen LogP contribution in [0, 0.1) is 0 Å². The zero-order valence-electron chi connectivity index (χ0n) is 17.8. The fraction of sp³-hybridized carbons (Fsp3) is 0.667. The van der Waals surface area contributed by atoms with Crippen LogP contribution < -0.4 is 15.0 Å². The predicted molar refractivity (Wildman–Crippen MR) is 130 cm³/mol. The summed E-state index contributed by atoms with van der Waals surface area (Å²) in [6.45, 7) is 12.7. The average Bonchev–Trinajstić information content (AvgIpc) is 2.77. The van der Waals surface area contributed by atoms with Crippen LogP contribution in [0.1, 0.15) is 13.3 Å². The second-order valence-electron chi connectivity index (χ2n) is 7.19. The molecule has 2 fully saturated rings. The standard InChI is InChI=1S/C21H35N5O2.HI/c1-3-22-21(23-9-6-10-24-15-17-28-18-16-24)26-13-11-25(12-14-26)19-7-4-5-8-20(19)27-2;/h4-5,7-8H,3,6,9-18H2,1-2H3,(H,22,23);1H. The van der Waals surface area contributed by atoms with Crippen molar-refractivity contribution in [1.29, 1.82) is 0 Å². The van der Waals surface area contributed by atoms with Crippen LogP contribution in [-0.2, 0) is 4.74 Å². The Labute approximate surface area is 192 Å². The van der Waals surface area contributed by atoms with Crippen molar-refractivity contribution < 1.29 is 9.47 Å². The molecule has 2 heterocycles. The molecule has 2 aliphatic rings. The van der Waals surface area contributed by atoms with Gasteiger partial charge in [-0.15, -0.1) is 24.0 Å². The van der Waals surface area contributed by atoms with E-state index in [4.69, 9.17) is 14.5 Å². The summed E-state index contributed by atoms with van der Waals surface area (Å²) in [5.74, 6) is 1.99. The van der Waals surface area contributed by atoms with E-state index in [2.05, 4.69) is 39.1 Å². The molecule has 0 spiro atoms. The van der Waals surface area contributed by atoms with E-state index < -0.39 is 0 Å². The van der Waals surface area contributed by atoms with E-state index in [0.717, 1.165) is 90.2 Å². The first kappa shape index (κ1) is 24.0. The maximum absolute atomic E-state index is 5.52. The van der Waals surface area contributed by atoms with Crippen LogP contribution in [-0.4, -0.2) is 95.0 Å². The number of morpholine rings is 1. The summed E-state index contributed by atoms with van der Waals surface area (Å²) in [6, 6.07) is 8.26. The fourth-order valence-corrected chi connectivity index (χ4v) is 3.78. The quantitative estimate of drug-likeness (QED) is 0.259. The Morgan fingerprint density at radius 2 is 1.83 bits per heavy atom. The van der Waals surface area contributed by atoms with Crippen molar-refractivity contribution in [1.82, 2.24) is 15.1 Å². The van der Waals surface area contributed by atoms with Gasteiger partial charge in [0.1, 0.15) is 5.75 Å². The minimum atomic E-state index is 0. The maximum atomic E-state index is 5.52. The molecule has 0 unspecified atom stereocenters. The first-order valence-electron chi connectivity index (χ1n) is 10.5. The van der Waals surface area contributed by atoms with E-state index in [1.165, 1.54) is 5.69 Å². The number of nitrogens with zero attached hydrogens (tertiary/aromatic N) is 4. The van der Waals surface area contributed by atoms with Gasteiger partial charge in [0.2, 0.25) is 0 Å². The lowest BCUT2D eigenvalue weighted by Gasteiger charge is -2.38. The van der Waals surface area contributed by atoms with E-state index in [-0.39, 0.29) is 24.0 Å². The van der Waals surface area contributed by atoms with Crippen molar-refractivity contribution in [2.24, 2.45) is 4.99 Å². The average molecular weight is 517 g/mol. The number of para-hydroxylation sites is 2. The third-order valence-corrected chi connectivity index (χ3v) is 5.34. The molecule has 0 atom stereocenters. The van der Waals surface area contributed by atoms with Gasteiger partial charge in [0.05, 0.1) is 26.0 Å². The number of benzene rings is 1.